The highest BCUT2D eigenvalue weighted by Gasteiger charge is 2.08. The van der Waals surface area contributed by atoms with Crippen LogP contribution in [0, 0.1) is 0 Å². The first-order chi connectivity index (χ1) is 3.79. The van der Waals surface area contributed by atoms with Crippen molar-refractivity contribution in [1.82, 2.24) is 0 Å². The van der Waals surface area contributed by atoms with E-state index in [2.05, 4.69) is 6.58 Å². The van der Waals surface area contributed by atoms with Gasteiger partial charge in [0, 0.05) is 0 Å². The Labute approximate surface area is 51.2 Å². The summed E-state index contributed by atoms with van der Waals surface area (Å²) < 4.78 is 15.2. The standard InChI is InChI=1S/C5H8O2S/c1-5-2-3-8(6)7-4-5/h1-4H2. The van der Waals surface area contributed by atoms with Crippen LogP contribution in [0.2, 0.25) is 0 Å². The zero-order chi connectivity index (χ0) is 5.98. The summed E-state index contributed by atoms with van der Waals surface area (Å²) in [7, 11) is 0. The summed E-state index contributed by atoms with van der Waals surface area (Å²) in [4.78, 5) is 0. The van der Waals surface area contributed by atoms with Gasteiger partial charge in [-0.2, -0.15) is 0 Å². The molecule has 2 nitrogen and oxygen atoms in total. The lowest BCUT2D eigenvalue weighted by atomic mass is 10.2. The van der Waals surface area contributed by atoms with E-state index in [0.717, 1.165) is 12.0 Å². The third kappa shape index (κ3) is 1.42. The molecule has 1 heterocycles. The third-order valence-corrected chi connectivity index (χ3v) is 1.93. The van der Waals surface area contributed by atoms with E-state index in [0.29, 0.717) is 12.4 Å². The zero-order valence-electron chi connectivity index (χ0n) is 4.55. The highest BCUT2D eigenvalue weighted by molar-refractivity contribution is 7.80. The van der Waals surface area contributed by atoms with Crippen molar-refractivity contribution < 1.29 is 8.39 Å². The number of rotatable bonds is 0. The summed E-state index contributed by atoms with van der Waals surface area (Å²) in [5.74, 6) is 0.624. The minimum Gasteiger partial charge on any atom is -0.286 e. The van der Waals surface area contributed by atoms with Crippen molar-refractivity contribution in [2.45, 2.75) is 6.42 Å². The van der Waals surface area contributed by atoms with Crippen LogP contribution in [0.4, 0.5) is 0 Å². The molecule has 0 aliphatic carbocycles. The lowest BCUT2D eigenvalue weighted by molar-refractivity contribution is 0.367. The topological polar surface area (TPSA) is 26.3 Å². The van der Waals surface area contributed by atoms with Gasteiger partial charge in [-0.05, 0) is 12.0 Å². The fraction of sp³-hybridized carbons (Fsp3) is 0.600. The van der Waals surface area contributed by atoms with E-state index in [-0.39, 0.29) is 0 Å². The van der Waals surface area contributed by atoms with Crippen molar-refractivity contribution in [3.05, 3.63) is 12.2 Å². The van der Waals surface area contributed by atoms with Crippen molar-refractivity contribution in [1.29, 1.82) is 0 Å². The Balaban J connectivity index is 2.40. The van der Waals surface area contributed by atoms with Gasteiger partial charge in [-0.1, -0.05) is 6.58 Å². The summed E-state index contributed by atoms with van der Waals surface area (Å²) in [5.41, 5.74) is 1.05. The van der Waals surface area contributed by atoms with Gasteiger partial charge < -0.3 is 0 Å². The van der Waals surface area contributed by atoms with Gasteiger partial charge in [0.2, 0.25) is 0 Å². The number of hydrogen-bond donors (Lipinski definition) is 0. The minimum atomic E-state index is -1.02. The molecule has 0 amide bonds. The lowest BCUT2D eigenvalue weighted by Gasteiger charge is -2.10. The van der Waals surface area contributed by atoms with E-state index < -0.39 is 11.1 Å². The maximum atomic E-state index is 10.5. The van der Waals surface area contributed by atoms with E-state index in [1.807, 2.05) is 0 Å². The lowest BCUT2D eigenvalue weighted by Crippen LogP contribution is -2.12. The molecular weight excluding hydrogens is 124 g/mol. The summed E-state index contributed by atoms with van der Waals surface area (Å²) in [6.07, 6.45) is 0.854. The summed E-state index contributed by atoms with van der Waals surface area (Å²) in [6.45, 7) is 4.17. The molecule has 0 N–H and O–H groups in total. The molecular formula is C5H8O2S. The highest BCUT2D eigenvalue weighted by Crippen LogP contribution is 2.08. The van der Waals surface area contributed by atoms with Crippen LogP contribution in [0.3, 0.4) is 0 Å². The van der Waals surface area contributed by atoms with Crippen LogP contribution < -0.4 is 0 Å². The van der Waals surface area contributed by atoms with Gasteiger partial charge >= 0.3 is 0 Å². The SMILES string of the molecule is C=C1CCS(=O)OC1. The molecule has 1 aliphatic rings. The Morgan fingerprint density at radius 2 is 2.50 bits per heavy atom. The third-order valence-electron chi connectivity index (χ3n) is 1.02. The molecule has 1 unspecified atom stereocenters. The number of hydrogen-bond acceptors (Lipinski definition) is 2. The fourth-order valence-corrected chi connectivity index (χ4v) is 1.38. The predicted molar refractivity (Wildman–Crippen MR) is 32.7 cm³/mol. The predicted octanol–water partition coefficient (Wildman–Crippen LogP) is 0.627. The van der Waals surface area contributed by atoms with Crippen LogP contribution in [0.1, 0.15) is 6.42 Å². The molecule has 0 saturated carbocycles. The van der Waals surface area contributed by atoms with Crippen LogP contribution in [-0.4, -0.2) is 16.6 Å². The van der Waals surface area contributed by atoms with Crippen molar-refractivity contribution >= 4 is 11.1 Å². The normalized spacial score (nSPS) is 30.5. The quantitative estimate of drug-likeness (QED) is 0.452. The van der Waals surface area contributed by atoms with Crippen LogP contribution in [0.25, 0.3) is 0 Å². The van der Waals surface area contributed by atoms with Gasteiger partial charge in [0.25, 0.3) is 0 Å². The molecule has 0 spiro atoms. The second kappa shape index (κ2) is 2.42. The molecule has 46 valence electrons. The Morgan fingerprint density at radius 1 is 1.75 bits per heavy atom. The van der Waals surface area contributed by atoms with Gasteiger partial charge in [-0.15, -0.1) is 0 Å². The molecule has 0 aromatic rings. The van der Waals surface area contributed by atoms with E-state index in [4.69, 9.17) is 4.18 Å². The summed E-state index contributed by atoms with van der Waals surface area (Å²) in [5, 5.41) is 0. The molecule has 0 radical (unpaired) electrons. The Morgan fingerprint density at radius 3 is 2.88 bits per heavy atom. The molecule has 1 aliphatic heterocycles. The first-order valence-corrected chi connectivity index (χ1v) is 3.72. The van der Waals surface area contributed by atoms with Gasteiger partial charge in [0.1, 0.15) is 0 Å². The Hall–Kier alpha value is -0.150. The van der Waals surface area contributed by atoms with Gasteiger partial charge in [-0.3, -0.25) is 4.18 Å². The van der Waals surface area contributed by atoms with Crippen LogP contribution in [-0.2, 0) is 15.3 Å². The van der Waals surface area contributed by atoms with Crippen molar-refractivity contribution in [2.24, 2.45) is 0 Å². The highest BCUT2D eigenvalue weighted by atomic mass is 32.2. The molecule has 3 heteroatoms. The average Bonchev–Trinajstić information content (AvgIpc) is 1.77. The maximum absolute atomic E-state index is 10.5. The Kier molecular flexibility index (Phi) is 1.81. The second-order valence-corrected chi connectivity index (χ2v) is 3.02. The fourth-order valence-electron chi connectivity index (χ4n) is 0.508. The largest absolute Gasteiger partial charge is 0.286 e. The van der Waals surface area contributed by atoms with Crippen molar-refractivity contribution in [2.75, 3.05) is 12.4 Å². The van der Waals surface area contributed by atoms with E-state index in [9.17, 15) is 4.21 Å². The van der Waals surface area contributed by atoms with Gasteiger partial charge in [-0.25, -0.2) is 4.21 Å². The molecule has 0 aromatic heterocycles. The molecule has 1 saturated heterocycles. The van der Waals surface area contributed by atoms with Crippen LogP contribution in [0.5, 0.6) is 0 Å². The molecule has 0 aromatic carbocycles. The van der Waals surface area contributed by atoms with E-state index >= 15 is 0 Å². The van der Waals surface area contributed by atoms with Crippen molar-refractivity contribution in [3.8, 4) is 0 Å². The molecule has 8 heavy (non-hydrogen) atoms. The monoisotopic (exact) mass is 132 g/mol. The molecule has 1 atom stereocenters. The zero-order valence-corrected chi connectivity index (χ0v) is 5.37. The first-order valence-electron chi connectivity index (χ1n) is 2.47. The maximum Gasteiger partial charge on any atom is 0.156 e. The second-order valence-electron chi connectivity index (χ2n) is 1.77. The average molecular weight is 132 g/mol. The van der Waals surface area contributed by atoms with Crippen LogP contribution in [0.15, 0.2) is 12.2 Å². The molecule has 1 rings (SSSR count). The van der Waals surface area contributed by atoms with E-state index in [1.165, 1.54) is 0 Å². The summed E-state index contributed by atoms with van der Waals surface area (Å²) in [6, 6.07) is 0. The first kappa shape index (κ1) is 5.98. The molecule has 0 bridgehead atoms. The molecule has 1 fully saturated rings. The smallest absolute Gasteiger partial charge is 0.156 e. The van der Waals surface area contributed by atoms with E-state index in [1.54, 1.807) is 0 Å². The van der Waals surface area contributed by atoms with Gasteiger partial charge in [0.15, 0.2) is 11.1 Å². The Bertz CT molecular complexity index is 102. The minimum absolute atomic E-state index is 0.479. The van der Waals surface area contributed by atoms with Crippen LogP contribution >= 0.6 is 0 Å². The summed E-state index contributed by atoms with van der Waals surface area (Å²) >= 11 is -1.02. The van der Waals surface area contributed by atoms with Crippen molar-refractivity contribution in [3.63, 3.8) is 0 Å². The van der Waals surface area contributed by atoms with Gasteiger partial charge in [0.05, 0.1) is 12.4 Å².